The van der Waals surface area contributed by atoms with Crippen LogP contribution in [-0.4, -0.2) is 13.6 Å². The van der Waals surface area contributed by atoms with Gasteiger partial charge in [0, 0.05) is 11.6 Å². The van der Waals surface area contributed by atoms with Crippen LogP contribution in [0.25, 0.3) is 5.57 Å². The van der Waals surface area contributed by atoms with Crippen LogP contribution < -0.4 is 5.32 Å². The monoisotopic (exact) mass is 297 g/mol. The van der Waals surface area contributed by atoms with E-state index < -0.39 is 0 Å². The summed E-state index contributed by atoms with van der Waals surface area (Å²) in [6.45, 7) is 1.04. The number of nitrogens with one attached hydrogen (secondary N) is 1. The maximum atomic E-state index is 6.00. The predicted octanol–water partition coefficient (Wildman–Crippen LogP) is 4.55. The van der Waals surface area contributed by atoms with Gasteiger partial charge in [0.1, 0.15) is 0 Å². The lowest BCUT2D eigenvalue weighted by atomic mass is 9.65. The van der Waals surface area contributed by atoms with Gasteiger partial charge >= 0.3 is 0 Å². The third-order valence-electron chi connectivity index (χ3n) is 4.50. The summed E-state index contributed by atoms with van der Waals surface area (Å²) in [6.07, 6.45) is 5.52. The van der Waals surface area contributed by atoms with E-state index in [0.29, 0.717) is 0 Å². The van der Waals surface area contributed by atoms with Gasteiger partial charge in [0.2, 0.25) is 0 Å². The molecule has 3 aliphatic carbocycles. The summed E-state index contributed by atoms with van der Waals surface area (Å²) < 4.78 is 0. The molecule has 3 heteroatoms. The maximum Gasteiger partial charge on any atom is 0.0406 e. The molecule has 19 heavy (non-hydrogen) atoms. The zero-order valence-corrected chi connectivity index (χ0v) is 12.9. The highest BCUT2D eigenvalue weighted by Crippen LogP contribution is 2.48. The third-order valence-corrected chi connectivity index (χ3v) is 4.75. The van der Waals surface area contributed by atoms with Crippen molar-refractivity contribution in [2.24, 2.45) is 11.8 Å². The van der Waals surface area contributed by atoms with Gasteiger partial charge in [-0.15, -0.1) is 12.4 Å². The number of rotatable bonds is 3. The van der Waals surface area contributed by atoms with Crippen molar-refractivity contribution in [1.82, 2.24) is 5.32 Å². The van der Waals surface area contributed by atoms with Crippen molar-refractivity contribution in [2.75, 3.05) is 13.6 Å². The van der Waals surface area contributed by atoms with Crippen molar-refractivity contribution in [3.05, 3.63) is 40.4 Å². The second kappa shape index (κ2) is 6.30. The number of benzene rings is 1. The molecule has 1 aromatic rings. The molecule has 0 aromatic heterocycles. The molecule has 1 saturated carbocycles. The van der Waals surface area contributed by atoms with E-state index in [4.69, 9.17) is 11.6 Å². The molecule has 3 aliphatic rings. The molecule has 0 aliphatic heterocycles. The Hall–Kier alpha value is -0.500. The van der Waals surface area contributed by atoms with Crippen molar-refractivity contribution in [1.29, 1.82) is 0 Å². The lowest BCUT2D eigenvalue weighted by Gasteiger charge is -2.40. The van der Waals surface area contributed by atoms with E-state index >= 15 is 0 Å². The van der Waals surface area contributed by atoms with E-state index in [0.717, 1.165) is 23.4 Å². The van der Waals surface area contributed by atoms with Gasteiger partial charge in [-0.3, -0.25) is 0 Å². The van der Waals surface area contributed by atoms with Crippen LogP contribution in [-0.2, 0) is 0 Å². The third kappa shape index (κ3) is 2.84. The molecule has 1 nitrogen and oxygen atoms in total. The van der Waals surface area contributed by atoms with Crippen LogP contribution in [0.15, 0.2) is 29.8 Å². The summed E-state index contributed by atoms with van der Waals surface area (Å²) in [5.74, 6) is 1.59. The number of allylic oxidation sites excluding steroid dienone is 1. The molecule has 0 heterocycles. The Balaban J connectivity index is 0.00000133. The molecule has 104 valence electrons. The van der Waals surface area contributed by atoms with Gasteiger partial charge in [0.05, 0.1) is 0 Å². The molecular formula is C16H21Cl2N. The average Bonchev–Trinajstić information content (AvgIpc) is 2.42. The second-order valence-electron chi connectivity index (χ2n) is 5.52. The Labute approximate surface area is 126 Å². The number of halogens is 2. The highest BCUT2D eigenvalue weighted by Gasteiger charge is 2.34. The average molecular weight is 298 g/mol. The lowest BCUT2D eigenvalue weighted by molar-refractivity contribution is 0.319. The summed E-state index contributed by atoms with van der Waals surface area (Å²) in [5.41, 5.74) is 4.66. The minimum Gasteiger partial charge on any atom is -0.316 e. The molecule has 4 rings (SSSR count). The molecule has 1 fully saturated rings. The molecule has 0 saturated heterocycles. The Bertz CT molecular complexity index is 456. The zero-order valence-electron chi connectivity index (χ0n) is 11.3. The fourth-order valence-corrected chi connectivity index (χ4v) is 3.82. The van der Waals surface area contributed by atoms with E-state index in [1.165, 1.54) is 31.2 Å². The fraction of sp³-hybridized carbons (Fsp3) is 0.500. The highest BCUT2D eigenvalue weighted by molar-refractivity contribution is 6.30. The van der Waals surface area contributed by atoms with E-state index in [1.54, 1.807) is 11.1 Å². The van der Waals surface area contributed by atoms with Gasteiger partial charge in [-0.1, -0.05) is 23.7 Å². The molecule has 0 spiro atoms. The van der Waals surface area contributed by atoms with Crippen LogP contribution in [0.1, 0.15) is 31.2 Å². The highest BCUT2D eigenvalue weighted by atomic mass is 35.5. The van der Waals surface area contributed by atoms with Gasteiger partial charge in [0.15, 0.2) is 0 Å². The largest absolute Gasteiger partial charge is 0.316 e. The first-order valence-corrected chi connectivity index (χ1v) is 7.31. The van der Waals surface area contributed by atoms with Crippen LogP contribution in [0.3, 0.4) is 0 Å². The molecule has 1 aromatic carbocycles. The second-order valence-corrected chi connectivity index (χ2v) is 5.96. The quantitative estimate of drug-likeness (QED) is 0.863. The van der Waals surface area contributed by atoms with E-state index in [2.05, 4.69) is 24.5 Å². The molecule has 0 unspecified atom stereocenters. The minimum atomic E-state index is 0. The van der Waals surface area contributed by atoms with Crippen molar-refractivity contribution in [2.45, 2.75) is 25.7 Å². The van der Waals surface area contributed by atoms with Crippen LogP contribution in [0.2, 0.25) is 5.02 Å². The molecule has 0 atom stereocenters. The van der Waals surface area contributed by atoms with Crippen molar-refractivity contribution >= 4 is 29.6 Å². The van der Waals surface area contributed by atoms with Crippen LogP contribution in [0, 0.1) is 11.8 Å². The molecule has 2 bridgehead atoms. The fourth-order valence-electron chi connectivity index (χ4n) is 3.69. The van der Waals surface area contributed by atoms with Gasteiger partial charge in [0.25, 0.3) is 0 Å². The smallest absolute Gasteiger partial charge is 0.0406 e. The van der Waals surface area contributed by atoms with Crippen LogP contribution in [0.5, 0.6) is 0 Å². The molecule has 0 amide bonds. The summed E-state index contributed by atoms with van der Waals surface area (Å²) in [6, 6.07) is 8.41. The molecule has 1 N–H and O–H groups in total. The first-order valence-electron chi connectivity index (χ1n) is 6.93. The van der Waals surface area contributed by atoms with Crippen molar-refractivity contribution in [3.8, 4) is 0 Å². The van der Waals surface area contributed by atoms with Crippen molar-refractivity contribution in [3.63, 3.8) is 0 Å². The maximum absolute atomic E-state index is 6.00. The first kappa shape index (κ1) is 14.9. The van der Waals surface area contributed by atoms with Gasteiger partial charge in [-0.25, -0.2) is 0 Å². The normalized spacial score (nSPS) is 25.4. The van der Waals surface area contributed by atoms with Crippen LogP contribution in [0.4, 0.5) is 0 Å². The Morgan fingerprint density at radius 2 is 1.63 bits per heavy atom. The minimum absolute atomic E-state index is 0. The van der Waals surface area contributed by atoms with E-state index in [9.17, 15) is 0 Å². The number of likely N-dealkylation sites (N-methyl/N-ethyl adjacent to an activating group) is 1. The summed E-state index contributed by atoms with van der Waals surface area (Å²) >= 11 is 6.00. The van der Waals surface area contributed by atoms with Crippen LogP contribution >= 0.6 is 24.0 Å². The topological polar surface area (TPSA) is 12.0 Å². The SMILES string of the molecule is CNCC1=C(c2ccc(Cl)cc2)C2CCC1CC2.Cl. The summed E-state index contributed by atoms with van der Waals surface area (Å²) in [4.78, 5) is 0. The first-order chi connectivity index (χ1) is 8.79. The molecular weight excluding hydrogens is 277 g/mol. The number of hydrogen-bond acceptors (Lipinski definition) is 1. The van der Waals surface area contributed by atoms with E-state index in [-0.39, 0.29) is 12.4 Å². The summed E-state index contributed by atoms with van der Waals surface area (Å²) in [5, 5.41) is 4.18. The summed E-state index contributed by atoms with van der Waals surface area (Å²) in [7, 11) is 2.05. The van der Waals surface area contributed by atoms with Gasteiger partial charge in [-0.2, -0.15) is 0 Å². The number of hydrogen-bond donors (Lipinski definition) is 1. The van der Waals surface area contributed by atoms with Crippen molar-refractivity contribution < 1.29 is 0 Å². The van der Waals surface area contributed by atoms with Gasteiger partial charge in [-0.05, 0) is 73.4 Å². The number of fused-ring (bicyclic) bond motifs is 2. The predicted molar refractivity (Wildman–Crippen MR) is 85.0 cm³/mol. The zero-order chi connectivity index (χ0) is 12.5. The Morgan fingerprint density at radius 3 is 2.21 bits per heavy atom. The lowest BCUT2D eigenvalue weighted by Crippen LogP contribution is -2.30. The molecule has 0 radical (unpaired) electrons. The Morgan fingerprint density at radius 1 is 1.05 bits per heavy atom. The van der Waals surface area contributed by atoms with Gasteiger partial charge < -0.3 is 5.32 Å². The Kier molecular flexibility index (Phi) is 4.94. The standard InChI is InChI=1S/C16H20ClN.ClH/c1-18-10-15-11-2-4-12(5-3-11)16(15)13-6-8-14(17)9-7-13;/h6-9,11-12,18H,2-5,10H2,1H3;1H. The van der Waals surface area contributed by atoms with E-state index in [1.807, 2.05) is 12.1 Å².